The highest BCUT2D eigenvalue weighted by Crippen LogP contribution is 1.97. The second-order valence-electron chi connectivity index (χ2n) is 1.80. The van der Waals surface area contributed by atoms with Gasteiger partial charge in [0.1, 0.15) is 0 Å². The van der Waals surface area contributed by atoms with Gasteiger partial charge in [-0.2, -0.15) is 0 Å². The predicted octanol–water partition coefficient (Wildman–Crippen LogP) is -0.455. The minimum Gasteiger partial charge on any atom is -0.393 e. The molecule has 0 aromatic carbocycles. The Morgan fingerprint density at radius 2 is 2.57 bits per heavy atom. The molecule has 1 saturated heterocycles. The van der Waals surface area contributed by atoms with Crippen molar-refractivity contribution >= 4 is 0 Å². The van der Waals surface area contributed by atoms with Crippen molar-refractivity contribution in [2.75, 3.05) is 13.1 Å². The Kier molecular flexibility index (Phi) is 1.65. The lowest BCUT2D eigenvalue weighted by Gasteiger charge is -2.15. The maximum Gasteiger partial charge on any atom is 0.0596 e. The van der Waals surface area contributed by atoms with E-state index in [1.54, 1.807) is 0 Å². The van der Waals surface area contributed by atoms with Crippen LogP contribution in [-0.2, 0) is 0 Å². The quantitative estimate of drug-likeness (QED) is 0.432. The Balaban J connectivity index is 2.12. The fourth-order valence-corrected chi connectivity index (χ4v) is 0.689. The Bertz CT molecular complexity index is 50.0. The molecule has 0 aromatic heterocycles. The molecule has 0 spiro atoms. The van der Waals surface area contributed by atoms with Gasteiger partial charge in [0.2, 0.25) is 0 Å². The molecular weight excluding hydrogens is 90.1 g/mol. The molecule has 41 valence electrons. The van der Waals surface area contributed by atoms with Gasteiger partial charge in [-0.15, -0.1) is 0 Å². The average Bonchev–Trinajstić information content (AvgIpc) is 1.69. The molecule has 2 heteroatoms. The number of rotatable bonds is 0. The lowest BCUT2D eigenvalue weighted by atomic mass is 10.1. The Morgan fingerprint density at radius 3 is 2.86 bits per heavy atom. The van der Waals surface area contributed by atoms with Crippen molar-refractivity contribution in [3.05, 3.63) is 6.42 Å². The van der Waals surface area contributed by atoms with Crippen LogP contribution in [0.15, 0.2) is 0 Å². The van der Waals surface area contributed by atoms with Crippen LogP contribution >= 0.6 is 0 Å². The summed E-state index contributed by atoms with van der Waals surface area (Å²) in [6.45, 7) is 1.82. The minimum atomic E-state index is -0.152. The van der Waals surface area contributed by atoms with E-state index in [4.69, 9.17) is 5.11 Å². The number of piperidine rings is 1. The third kappa shape index (κ3) is 1.45. The minimum absolute atomic E-state index is 0.152. The van der Waals surface area contributed by atoms with Crippen molar-refractivity contribution in [2.45, 2.75) is 12.5 Å². The van der Waals surface area contributed by atoms with E-state index in [9.17, 15) is 0 Å². The molecule has 1 atom stereocenters. The number of aliphatic hydroxyl groups excluding tert-OH is 1. The van der Waals surface area contributed by atoms with Gasteiger partial charge in [-0.1, -0.05) is 0 Å². The van der Waals surface area contributed by atoms with Crippen molar-refractivity contribution in [3.8, 4) is 0 Å². The van der Waals surface area contributed by atoms with Crippen molar-refractivity contribution in [3.63, 3.8) is 0 Å². The topological polar surface area (TPSA) is 32.3 Å². The maximum absolute atomic E-state index is 8.81. The summed E-state index contributed by atoms with van der Waals surface area (Å²) in [7, 11) is 0. The summed E-state index contributed by atoms with van der Waals surface area (Å²) in [5.41, 5.74) is 0. The van der Waals surface area contributed by atoms with Crippen LogP contribution < -0.4 is 5.32 Å². The normalized spacial score (nSPS) is 25.3. The van der Waals surface area contributed by atoms with Gasteiger partial charge in [0.05, 0.1) is 6.10 Å². The molecule has 0 bridgehead atoms. The highest BCUT2D eigenvalue weighted by atomic mass is 16.3. The number of aliphatic hydroxyl groups is 1. The molecule has 0 aliphatic carbocycles. The number of hydrogen-bond acceptors (Lipinski definition) is 2. The van der Waals surface area contributed by atoms with Gasteiger partial charge >= 0.3 is 0 Å². The van der Waals surface area contributed by atoms with Crippen molar-refractivity contribution in [1.82, 2.24) is 5.32 Å². The SMILES string of the molecule is OC1[CH]CNCC1. The number of nitrogens with one attached hydrogen (secondary N) is 1. The zero-order chi connectivity index (χ0) is 5.11. The summed E-state index contributed by atoms with van der Waals surface area (Å²) in [5, 5.41) is 11.9. The second-order valence-corrected chi connectivity index (χ2v) is 1.80. The van der Waals surface area contributed by atoms with Crippen molar-refractivity contribution in [2.24, 2.45) is 0 Å². The standard InChI is InChI=1S/C5H10NO/c7-5-1-3-6-4-2-5/h1,5-7H,2-4H2. The summed E-state index contributed by atoms with van der Waals surface area (Å²) in [6, 6.07) is 0. The lowest BCUT2D eigenvalue weighted by molar-refractivity contribution is 0.180. The first-order chi connectivity index (χ1) is 3.39. The molecule has 7 heavy (non-hydrogen) atoms. The fraction of sp³-hybridized carbons (Fsp3) is 0.800. The van der Waals surface area contributed by atoms with Crippen LogP contribution in [0.4, 0.5) is 0 Å². The van der Waals surface area contributed by atoms with Crippen LogP contribution in [0.25, 0.3) is 0 Å². The first-order valence-corrected chi connectivity index (χ1v) is 2.62. The number of hydrogen-bond donors (Lipinski definition) is 2. The summed E-state index contributed by atoms with van der Waals surface area (Å²) < 4.78 is 0. The first kappa shape index (κ1) is 5.06. The molecule has 1 aliphatic rings. The van der Waals surface area contributed by atoms with Gasteiger partial charge in [0.25, 0.3) is 0 Å². The van der Waals surface area contributed by atoms with Gasteiger partial charge in [-0.3, -0.25) is 0 Å². The Labute approximate surface area is 43.5 Å². The zero-order valence-corrected chi connectivity index (χ0v) is 4.22. The molecule has 1 fully saturated rings. The monoisotopic (exact) mass is 100 g/mol. The lowest BCUT2D eigenvalue weighted by Crippen LogP contribution is -2.31. The van der Waals surface area contributed by atoms with E-state index < -0.39 is 0 Å². The molecule has 2 nitrogen and oxygen atoms in total. The van der Waals surface area contributed by atoms with E-state index in [1.165, 1.54) is 0 Å². The van der Waals surface area contributed by atoms with E-state index in [-0.39, 0.29) is 6.10 Å². The van der Waals surface area contributed by atoms with E-state index in [0.717, 1.165) is 19.5 Å². The average molecular weight is 100 g/mol. The summed E-state index contributed by atoms with van der Waals surface area (Å²) in [4.78, 5) is 0. The molecule has 1 rings (SSSR count). The van der Waals surface area contributed by atoms with Crippen LogP contribution in [-0.4, -0.2) is 24.3 Å². The van der Waals surface area contributed by atoms with Gasteiger partial charge in [-0.25, -0.2) is 0 Å². The van der Waals surface area contributed by atoms with E-state index >= 15 is 0 Å². The highest BCUT2D eigenvalue weighted by molar-refractivity contribution is 4.82. The Morgan fingerprint density at radius 1 is 1.71 bits per heavy atom. The van der Waals surface area contributed by atoms with E-state index in [2.05, 4.69) is 5.32 Å². The van der Waals surface area contributed by atoms with Gasteiger partial charge in [0, 0.05) is 13.0 Å². The molecule has 2 N–H and O–H groups in total. The third-order valence-electron chi connectivity index (χ3n) is 1.15. The largest absolute Gasteiger partial charge is 0.393 e. The summed E-state index contributed by atoms with van der Waals surface area (Å²) >= 11 is 0. The van der Waals surface area contributed by atoms with Crippen LogP contribution in [0.3, 0.4) is 0 Å². The molecule has 1 heterocycles. The Hall–Kier alpha value is -0.0800. The molecule has 1 radical (unpaired) electrons. The third-order valence-corrected chi connectivity index (χ3v) is 1.15. The fourth-order valence-electron chi connectivity index (χ4n) is 0.689. The van der Waals surface area contributed by atoms with Crippen molar-refractivity contribution < 1.29 is 5.11 Å². The molecule has 0 aromatic rings. The van der Waals surface area contributed by atoms with Crippen LogP contribution in [0, 0.1) is 6.42 Å². The second kappa shape index (κ2) is 2.28. The molecule has 0 amide bonds. The summed E-state index contributed by atoms with van der Waals surface area (Å²) in [5.74, 6) is 0. The van der Waals surface area contributed by atoms with E-state index in [0.29, 0.717) is 0 Å². The molecular formula is C5H10NO. The maximum atomic E-state index is 8.81. The molecule has 1 unspecified atom stereocenters. The van der Waals surface area contributed by atoms with Gasteiger partial charge < -0.3 is 10.4 Å². The smallest absolute Gasteiger partial charge is 0.0596 e. The van der Waals surface area contributed by atoms with Gasteiger partial charge in [0.15, 0.2) is 0 Å². The van der Waals surface area contributed by atoms with Gasteiger partial charge in [-0.05, 0) is 13.0 Å². The highest BCUT2D eigenvalue weighted by Gasteiger charge is 2.07. The van der Waals surface area contributed by atoms with Crippen LogP contribution in [0.1, 0.15) is 6.42 Å². The van der Waals surface area contributed by atoms with Crippen LogP contribution in [0.2, 0.25) is 0 Å². The first-order valence-electron chi connectivity index (χ1n) is 2.62. The van der Waals surface area contributed by atoms with Crippen molar-refractivity contribution in [1.29, 1.82) is 0 Å². The predicted molar refractivity (Wildman–Crippen MR) is 27.8 cm³/mol. The molecule has 0 saturated carbocycles. The molecule has 1 aliphatic heterocycles. The van der Waals surface area contributed by atoms with E-state index in [1.807, 2.05) is 6.42 Å². The van der Waals surface area contributed by atoms with Crippen LogP contribution in [0.5, 0.6) is 0 Å². The summed E-state index contributed by atoms with van der Waals surface area (Å²) in [6.07, 6.45) is 2.60. The zero-order valence-electron chi connectivity index (χ0n) is 4.22.